The molecule has 1 heterocycles. The summed E-state index contributed by atoms with van der Waals surface area (Å²) in [5, 5.41) is 17.2. The maximum atomic E-state index is 10.3. The molecule has 0 saturated heterocycles. The zero-order chi connectivity index (χ0) is 6.85. The Hall–Kier alpha value is -1.19. The van der Waals surface area contributed by atoms with E-state index in [2.05, 4.69) is 4.74 Å². The highest BCUT2D eigenvalue weighted by Crippen LogP contribution is 2.14. The Morgan fingerprint density at radius 1 is 1.33 bits per heavy atom. The van der Waals surface area contributed by atoms with Crippen molar-refractivity contribution in [3.05, 3.63) is 11.7 Å². The predicted molar refractivity (Wildman–Crippen MR) is 27.6 cm³/mol. The van der Waals surface area contributed by atoms with Crippen molar-refractivity contribution in [3.63, 3.8) is 0 Å². The molecule has 50 valence electrons. The maximum absolute atomic E-state index is 10.3. The van der Waals surface area contributed by atoms with Crippen LogP contribution in [0.3, 0.4) is 0 Å². The lowest BCUT2D eigenvalue weighted by molar-refractivity contribution is -0.146. The first-order chi connectivity index (χ1) is 4.20. The molecule has 0 bridgehead atoms. The van der Waals surface area contributed by atoms with Gasteiger partial charge in [-0.1, -0.05) is 0 Å². The predicted octanol–water partition coefficient (Wildman–Crippen LogP) is 0.608. The molecule has 0 aromatic heterocycles. The fourth-order valence-corrected chi connectivity index (χ4v) is 0.545. The van der Waals surface area contributed by atoms with Gasteiger partial charge in [0.15, 0.2) is 5.76 Å². The van der Waals surface area contributed by atoms with Crippen LogP contribution in [0.1, 0.15) is 12.8 Å². The number of hydrogen-bond donors (Lipinski definition) is 2. The van der Waals surface area contributed by atoms with Gasteiger partial charge in [0.25, 0.3) is 0 Å². The summed E-state index contributed by atoms with van der Waals surface area (Å²) in [4.78, 5) is 10.3. The van der Waals surface area contributed by atoms with Gasteiger partial charge in [0.2, 0.25) is 0 Å². The molecule has 4 nitrogen and oxygen atoms in total. The Morgan fingerprint density at radius 2 is 2.00 bits per heavy atom. The number of esters is 1. The minimum Gasteiger partial charge on any atom is -0.506 e. The summed E-state index contributed by atoms with van der Waals surface area (Å²) < 4.78 is 4.14. The van der Waals surface area contributed by atoms with Gasteiger partial charge in [-0.05, 0) is 0 Å². The number of allylic oxidation sites excluding steroid dienone is 1. The second-order valence-electron chi connectivity index (χ2n) is 1.73. The number of carbonyl (C=O) groups excluding carboxylic acids is 1. The number of hydrogen-bond acceptors (Lipinski definition) is 4. The number of aliphatic hydroxyl groups is 2. The topological polar surface area (TPSA) is 66.8 Å². The summed E-state index contributed by atoms with van der Waals surface area (Å²) in [6, 6.07) is 0. The van der Waals surface area contributed by atoms with E-state index in [1.807, 2.05) is 0 Å². The molecule has 0 atom stereocenters. The number of cyclic esters (lactones) is 1. The smallest absolute Gasteiger partial charge is 0.324 e. The van der Waals surface area contributed by atoms with Gasteiger partial charge in [0, 0.05) is 6.42 Å². The van der Waals surface area contributed by atoms with Crippen molar-refractivity contribution in [1.29, 1.82) is 0 Å². The van der Waals surface area contributed by atoms with Crippen molar-refractivity contribution in [1.82, 2.24) is 0 Å². The van der Waals surface area contributed by atoms with Crippen molar-refractivity contribution in [3.8, 4) is 0 Å². The van der Waals surface area contributed by atoms with E-state index in [0.717, 1.165) is 0 Å². The Kier molecular flexibility index (Phi) is 1.30. The summed E-state index contributed by atoms with van der Waals surface area (Å²) >= 11 is 0. The number of ether oxygens (including phenoxy) is 1. The van der Waals surface area contributed by atoms with Crippen molar-refractivity contribution in [2.75, 3.05) is 0 Å². The first kappa shape index (κ1) is 5.94. The fraction of sp³-hybridized carbons (Fsp3) is 0.400. The third kappa shape index (κ3) is 1.13. The minimum absolute atomic E-state index is 0.135. The van der Waals surface area contributed by atoms with E-state index in [4.69, 9.17) is 10.2 Å². The van der Waals surface area contributed by atoms with E-state index in [-0.39, 0.29) is 18.6 Å². The molecule has 2 N–H and O–H groups in total. The van der Waals surface area contributed by atoms with Crippen LogP contribution in [-0.2, 0) is 9.53 Å². The molecule has 1 aliphatic heterocycles. The first-order valence-corrected chi connectivity index (χ1v) is 2.52. The van der Waals surface area contributed by atoms with E-state index < -0.39 is 11.9 Å². The van der Waals surface area contributed by atoms with E-state index in [1.54, 1.807) is 0 Å². The maximum Gasteiger partial charge on any atom is 0.324 e. The van der Waals surface area contributed by atoms with Crippen LogP contribution in [0.25, 0.3) is 0 Å². The van der Waals surface area contributed by atoms with Crippen molar-refractivity contribution in [2.24, 2.45) is 0 Å². The molecule has 0 amide bonds. The summed E-state index contributed by atoms with van der Waals surface area (Å²) in [6.07, 6.45) is 0.306. The average Bonchev–Trinajstić information content (AvgIpc) is 1.80. The lowest BCUT2D eigenvalue weighted by atomic mass is 10.2. The van der Waals surface area contributed by atoms with Gasteiger partial charge < -0.3 is 14.9 Å². The minimum atomic E-state index is -0.661. The molecule has 0 unspecified atom stereocenters. The van der Waals surface area contributed by atoms with Gasteiger partial charge in [0.1, 0.15) is 0 Å². The highest BCUT2D eigenvalue weighted by atomic mass is 16.6. The van der Waals surface area contributed by atoms with Crippen LogP contribution in [0, 0.1) is 0 Å². The third-order valence-electron chi connectivity index (χ3n) is 1.02. The van der Waals surface area contributed by atoms with E-state index in [9.17, 15) is 4.79 Å². The quantitative estimate of drug-likeness (QED) is 0.471. The molecule has 0 fully saturated rings. The highest BCUT2D eigenvalue weighted by Gasteiger charge is 2.18. The monoisotopic (exact) mass is 130 g/mol. The number of aliphatic hydroxyl groups excluding tert-OH is 2. The van der Waals surface area contributed by atoms with E-state index in [0.29, 0.717) is 0 Å². The SMILES string of the molecule is O=C1CCC(O)=C(O)O1. The normalized spacial score (nSPS) is 19.8. The summed E-state index contributed by atoms with van der Waals surface area (Å²) in [5.74, 6) is -1.42. The molecule has 0 aromatic rings. The largest absolute Gasteiger partial charge is 0.506 e. The molecule has 0 aliphatic carbocycles. The van der Waals surface area contributed by atoms with Crippen LogP contribution < -0.4 is 0 Å². The Balaban J connectivity index is 2.72. The summed E-state index contributed by atoms with van der Waals surface area (Å²) in [6.45, 7) is 0. The molecular formula is C5H6O4. The van der Waals surface area contributed by atoms with E-state index in [1.165, 1.54) is 0 Å². The van der Waals surface area contributed by atoms with Crippen molar-refractivity contribution in [2.45, 2.75) is 12.8 Å². The molecule has 0 spiro atoms. The fourth-order valence-electron chi connectivity index (χ4n) is 0.545. The van der Waals surface area contributed by atoms with Crippen LogP contribution in [0.2, 0.25) is 0 Å². The molecule has 0 radical (unpaired) electrons. The second kappa shape index (κ2) is 1.97. The summed E-state index contributed by atoms with van der Waals surface area (Å²) in [5.41, 5.74) is 0. The van der Waals surface area contributed by atoms with Gasteiger partial charge in [0.05, 0.1) is 6.42 Å². The number of carbonyl (C=O) groups is 1. The van der Waals surface area contributed by atoms with Crippen LogP contribution in [0.5, 0.6) is 0 Å². The molecule has 9 heavy (non-hydrogen) atoms. The van der Waals surface area contributed by atoms with Gasteiger partial charge in [-0.15, -0.1) is 0 Å². The first-order valence-electron chi connectivity index (χ1n) is 2.52. The Labute approximate surface area is 51.4 Å². The van der Waals surface area contributed by atoms with Gasteiger partial charge in [-0.25, -0.2) is 0 Å². The molecule has 1 rings (SSSR count). The van der Waals surface area contributed by atoms with Gasteiger partial charge >= 0.3 is 11.9 Å². The Morgan fingerprint density at radius 3 is 2.44 bits per heavy atom. The number of rotatable bonds is 0. The zero-order valence-electron chi connectivity index (χ0n) is 4.63. The van der Waals surface area contributed by atoms with Gasteiger partial charge in [-0.2, -0.15) is 0 Å². The molecule has 0 saturated carbocycles. The van der Waals surface area contributed by atoms with Gasteiger partial charge in [-0.3, -0.25) is 4.79 Å². The van der Waals surface area contributed by atoms with Crippen LogP contribution in [0.15, 0.2) is 11.7 Å². The standard InChI is InChI=1S/C5H6O4/c6-3-1-2-4(7)9-5(3)8/h6,8H,1-2H2. The molecule has 1 aliphatic rings. The van der Waals surface area contributed by atoms with Crippen LogP contribution in [-0.4, -0.2) is 16.2 Å². The van der Waals surface area contributed by atoms with E-state index >= 15 is 0 Å². The molecular weight excluding hydrogens is 124 g/mol. The Bertz CT molecular complexity index is 170. The molecule has 0 aromatic carbocycles. The lowest BCUT2D eigenvalue weighted by Crippen LogP contribution is -2.12. The zero-order valence-corrected chi connectivity index (χ0v) is 4.63. The van der Waals surface area contributed by atoms with Crippen molar-refractivity contribution >= 4 is 5.97 Å². The van der Waals surface area contributed by atoms with Crippen molar-refractivity contribution < 1.29 is 19.7 Å². The lowest BCUT2D eigenvalue weighted by Gasteiger charge is -2.09. The summed E-state index contributed by atoms with van der Waals surface area (Å²) in [7, 11) is 0. The van der Waals surface area contributed by atoms with Crippen LogP contribution in [0.4, 0.5) is 0 Å². The highest BCUT2D eigenvalue weighted by molar-refractivity contribution is 5.71. The second-order valence-corrected chi connectivity index (χ2v) is 1.73. The van der Waals surface area contributed by atoms with Crippen LogP contribution >= 0.6 is 0 Å². The third-order valence-corrected chi connectivity index (χ3v) is 1.02. The molecule has 4 heteroatoms. The average molecular weight is 130 g/mol.